The topological polar surface area (TPSA) is 71.3 Å². The molecule has 0 fully saturated rings. The highest BCUT2D eigenvalue weighted by molar-refractivity contribution is 5.87. The summed E-state index contributed by atoms with van der Waals surface area (Å²) in [4.78, 5) is 24.1. The standard InChI is InChI=1S/C32H42N2O3/c1-3-4-5-6-7-8-9-10-11-12-13-14-15-16-17-18-19-24-31(35)33-29(32(36)37)25-27-26-34(2)30-23-21-20-22-28(27)30/h4-5,7-8,10-11,13-14,16-17,20-23,26,29H,3,6,9,12,15,18-19,24-25H2,1-2H3,(H,33,35)(H,36,37)/b5-4-,8-7-,11-10-,14-13-,17-16-/t29-/m1/s1. The molecule has 0 aliphatic heterocycles. The number of aliphatic carboxylic acids is 1. The number of unbranched alkanes of at least 4 members (excludes halogenated alkanes) is 1. The molecule has 0 saturated carbocycles. The van der Waals surface area contributed by atoms with E-state index >= 15 is 0 Å². The van der Waals surface area contributed by atoms with E-state index < -0.39 is 12.0 Å². The number of nitrogens with one attached hydrogen (secondary N) is 1. The van der Waals surface area contributed by atoms with Crippen molar-refractivity contribution in [1.29, 1.82) is 0 Å². The van der Waals surface area contributed by atoms with E-state index in [0.717, 1.165) is 55.0 Å². The molecule has 0 spiro atoms. The second kappa shape index (κ2) is 17.8. The quantitative estimate of drug-likeness (QED) is 0.177. The van der Waals surface area contributed by atoms with Gasteiger partial charge in [-0.1, -0.05) is 85.9 Å². The number of aromatic nitrogens is 1. The van der Waals surface area contributed by atoms with Gasteiger partial charge < -0.3 is 15.0 Å². The molecule has 5 nitrogen and oxygen atoms in total. The van der Waals surface area contributed by atoms with E-state index in [4.69, 9.17) is 0 Å². The molecule has 1 amide bonds. The lowest BCUT2D eigenvalue weighted by Gasteiger charge is -2.14. The van der Waals surface area contributed by atoms with Crippen LogP contribution in [0.5, 0.6) is 0 Å². The van der Waals surface area contributed by atoms with E-state index in [9.17, 15) is 14.7 Å². The second-order valence-corrected chi connectivity index (χ2v) is 9.05. The number of allylic oxidation sites excluding steroid dienone is 10. The number of carbonyl (C=O) groups excluding carboxylic acids is 1. The predicted molar refractivity (Wildman–Crippen MR) is 154 cm³/mol. The van der Waals surface area contributed by atoms with Gasteiger partial charge in [0.05, 0.1) is 0 Å². The van der Waals surface area contributed by atoms with Crippen molar-refractivity contribution in [2.75, 3.05) is 0 Å². The number of benzene rings is 1. The number of nitrogens with zero attached hydrogens (tertiary/aromatic N) is 1. The Morgan fingerprint density at radius 3 is 2.05 bits per heavy atom. The average Bonchev–Trinajstić information content (AvgIpc) is 3.20. The Hall–Kier alpha value is -3.60. The molecule has 2 N–H and O–H groups in total. The minimum atomic E-state index is -1.01. The Balaban J connectivity index is 1.61. The third kappa shape index (κ3) is 11.8. The van der Waals surface area contributed by atoms with Crippen molar-refractivity contribution in [2.45, 2.75) is 70.8 Å². The van der Waals surface area contributed by atoms with E-state index in [0.29, 0.717) is 12.8 Å². The molecule has 198 valence electrons. The maximum atomic E-state index is 12.3. The first-order chi connectivity index (χ1) is 18.0. The van der Waals surface area contributed by atoms with Crippen LogP contribution in [0, 0.1) is 0 Å². The number of carboxylic acids is 1. The summed E-state index contributed by atoms with van der Waals surface area (Å²) in [7, 11) is 1.94. The first-order valence-electron chi connectivity index (χ1n) is 13.3. The second-order valence-electron chi connectivity index (χ2n) is 9.05. The van der Waals surface area contributed by atoms with Gasteiger partial charge in [0.2, 0.25) is 5.91 Å². The van der Waals surface area contributed by atoms with Gasteiger partial charge in [0.1, 0.15) is 6.04 Å². The van der Waals surface area contributed by atoms with Crippen molar-refractivity contribution in [3.8, 4) is 0 Å². The van der Waals surface area contributed by atoms with Crippen LogP contribution in [0.4, 0.5) is 0 Å². The van der Waals surface area contributed by atoms with Crippen LogP contribution < -0.4 is 5.32 Å². The number of amides is 1. The SMILES string of the molecule is CC/C=C\C/C=C\C/C=C\C/C=C\C/C=C\CCCC(=O)N[C@H](Cc1cn(C)c2ccccc12)C(=O)O. The van der Waals surface area contributed by atoms with Gasteiger partial charge in [0, 0.05) is 37.0 Å². The molecular weight excluding hydrogens is 460 g/mol. The van der Waals surface area contributed by atoms with Gasteiger partial charge in [0.15, 0.2) is 0 Å². The van der Waals surface area contributed by atoms with Crippen LogP contribution in [0.15, 0.2) is 91.2 Å². The summed E-state index contributed by atoms with van der Waals surface area (Å²) < 4.78 is 1.98. The Morgan fingerprint density at radius 2 is 1.46 bits per heavy atom. The molecule has 0 radical (unpaired) electrons. The van der Waals surface area contributed by atoms with Gasteiger partial charge in [-0.3, -0.25) is 4.79 Å². The van der Waals surface area contributed by atoms with Crippen LogP contribution in [0.25, 0.3) is 10.9 Å². The van der Waals surface area contributed by atoms with Crippen LogP contribution in [0.2, 0.25) is 0 Å². The van der Waals surface area contributed by atoms with Crippen molar-refractivity contribution >= 4 is 22.8 Å². The van der Waals surface area contributed by atoms with Crippen molar-refractivity contribution in [3.05, 3.63) is 96.8 Å². The fourth-order valence-electron chi connectivity index (χ4n) is 4.02. The molecule has 0 bridgehead atoms. The molecule has 1 heterocycles. The van der Waals surface area contributed by atoms with Crippen molar-refractivity contribution in [1.82, 2.24) is 9.88 Å². The zero-order valence-electron chi connectivity index (χ0n) is 22.3. The molecule has 1 aromatic carbocycles. The molecule has 0 saturated heterocycles. The summed E-state index contributed by atoms with van der Waals surface area (Å²) in [6.45, 7) is 2.14. The lowest BCUT2D eigenvalue weighted by molar-refractivity contribution is -0.141. The van der Waals surface area contributed by atoms with E-state index in [-0.39, 0.29) is 12.3 Å². The molecule has 37 heavy (non-hydrogen) atoms. The Morgan fingerprint density at radius 1 is 0.892 bits per heavy atom. The van der Waals surface area contributed by atoms with Gasteiger partial charge in [0.25, 0.3) is 0 Å². The Labute approximate surface area is 222 Å². The first-order valence-corrected chi connectivity index (χ1v) is 13.3. The smallest absolute Gasteiger partial charge is 0.326 e. The fraction of sp³-hybridized carbons (Fsp3) is 0.375. The molecule has 2 rings (SSSR count). The number of fused-ring (bicyclic) bond motifs is 1. The summed E-state index contributed by atoms with van der Waals surface area (Å²) in [6.07, 6.45) is 30.5. The number of hydrogen-bond acceptors (Lipinski definition) is 2. The number of rotatable bonds is 17. The molecule has 2 aromatic rings. The summed E-state index contributed by atoms with van der Waals surface area (Å²) in [5.41, 5.74) is 1.97. The summed E-state index contributed by atoms with van der Waals surface area (Å²) in [6, 6.07) is 6.94. The molecule has 0 unspecified atom stereocenters. The van der Waals surface area contributed by atoms with Gasteiger partial charge >= 0.3 is 5.97 Å². The lowest BCUT2D eigenvalue weighted by Crippen LogP contribution is -2.42. The minimum absolute atomic E-state index is 0.222. The summed E-state index contributed by atoms with van der Waals surface area (Å²) >= 11 is 0. The molecule has 5 heteroatoms. The third-order valence-corrected chi connectivity index (χ3v) is 5.97. The van der Waals surface area contributed by atoms with Gasteiger partial charge in [-0.2, -0.15) is 0 Å². The number of carboxylic acid groups (broad SMARTS) is 1. The van der Waals surface area contributed by atoms with E-state index in [1.165, 1.54) is 0 Å². The molecular formula is C32H42N2O3. The predicted octanol–water partition coefficient (Wildman–Crippen LogP) is 7.21. The molecule has 1 atom stereocenters. The minimum Gasteiger partial charge on any atom is -0.480 e. The van der Waals surface area contributed by atoms with Crippen LogP contribution in [-0.4, -0.2) is 27.6 Å². The maximum Gasteiger partial charge on any atom is 0.326 e. The van der Waals surface area contributed by atoms with Crippen molar-refractivity contribution in [3.63, 3.8) is 0 Å². The van der Waals surface area contributed by atoms with Gasteiger partial charge in [-0.25, -0.2) is 4.79 Å². The number of aryl methyl sites for hydroxylation is 1. The van der Waals surface area contributed by atoms with E-state index in [1.807, 2.05) is 42.1 Å². The van der Waals surface area contributed by atoms with Crippen LogP contribution in [0.3, 0.4) is 0 Å². The Bertz CT molecular complexity index is 1120. The largest absolute Gasteiger partial charge is 0.480 e. The first kappa shape index (κ1) is 29.6. The molecule has 1 aromatic heterocycles. The van der Waals surface area contributed by atoms with Gasteiger partial charge in [-0.15, -0.1) is 0 Å². The third-order valence-electron chi connectivity index (χ3n) is 5.97. The summed E-state index contributed by atoms with van der Waals surface area (Å²) in [5.74, 6) is -1.24. The number of carbonyl (C=O) groups is 2. The van der Waals surface area contributed by atoms with Gasteiger partial charge in [-0.05, 0) is 56.6 Å². The average molecular weight is 503 g/mol. The highest BCUT2D eigenvalue weighted by Crippen LogP contribution is 2.21. The van der Waals surface area contributed by atoms with E-state index in [1.54, 1.807) is 0 Å². The molecule has 0 aliphatic rings. The normalized spacial score (nSPS) is 13.2. The van der Waals surface area contributed by atoms with Crippen molar-refractivity contribution < 1.29 is 14.7 Å². The zero-order chi connectivity index (χ0) is 26.7. The highest BCUT2D eigenvalue weighted by atomic mass is 16.4. The van der Waals surface area contributed by atoms with E-state index in [2.05, 4.69) is 73.0 Å². The zero-order valence-corrected chi connectivity index (χ0v) is 22.3. The van der Waals surface area contributed by atoms with Crippen LogP contribution >= 0.6 is 0 Å². The molecule has 0 aliphatic carbocycles. The number of para-hydroxylation sites is 1. The van der Waals surface area contributed by atoms with Crippen molar-refractivity contribution in [2.24, 2.45) is 7.05 Å². The summed E-state index contributed by atoms with van der Waals surface area (Å²) in [5, 5.41) is 13.3. The fourth-order valence-corrected chi connectivity index (χ4v) is 4.02. The number of hydrogen-bond donors (Lipinski definition) is 2. The highest BCUT2D eigenvalue weighted by Gasteiger charge is 2.22. The van der Waals surface area contributed by atoms with Crippen LogP contribution in [-0.2, 0) is 23.1 Å². The Kier molecular flexibility index (Phi) is 14.2. The van der Waals surface area contributed by atoms with Crippen LogP contribution in [0.1, 0.15) is 63.9 Å². The lowest BCUT2D eigenvalue weighted by atomic mass is 10.0. The maximum absolute atomic E-state index is 12.3. The monoisotopic (exact) mass is 502 g/mol.